The van der Waals surface area contributed by atoms with Crippen LogP contribution in [0.2, 0.25) is 0 Å². The fraction of sp³-hybridized carbons (Fsp3) is 0.273. The SMILES string of the molecule is CC(C)COc1ccc(C2=C(Cl)C(=O)N(c3ccc(N(C)C)cc3)C2=O)cc1. The maximum Gasteiger partial charge on any atom is 0.277 e. The normalized spacial score (nSPS) is 14.3. The van der Waals surface area contributed by atoms with Gasteiger partial charge in [-0.25, -0.2) is 4.90 Å². The molecule has 28 heavy (non-hydrogen) atoms. The topological polar surface area (TPSA) is 49.9 Å². The number of nitrogens with zero attached hydrogens (tertiary/aromatic N) is 2. The van der Waals surface area contributed by atoms with E-state index in [9.17, 15) is 9.59 Å². The summed E-state index contributed by atoms with van der Waals surface area (Å²) >= 11 is 6.26. The lowest BCUT2D eigenvalue weighted by atomic mass is 10.1. The van der Waals surface area contributed by atoms with Gasteiger partial charge in [0.05, 0.1) is 17.9 Å². The van der Waals surface area contributed by atoms with Crippen molar-refractivity contribution in [1.29, 1.82) is 0 Å². The van der Waals surface area contributed by atoms with Crippen LogP contribution in [-0.4, -0.2) is 32.5 Å². The average Bonchev–Trinajstić information content (AvgIpc) is 2.89. The van der Waals surface area contributed by atoms with E-state index in [1.807, 2.05) is 31.1 Å². The first-order valence-corrected chi connectivity index (χ1v) is 9.46. The molecule has 2 aromatic rings. The number of hydrogen-bond donors (Lipinski definition) is 0. The van der Waals surface area contributed by atoms with E-state index in [0.717, 1.165) is 10.6 Å². The number of carbonyl (C=O) groups is 2. The molecule has 0 saturated heterocycles. The molecule has 0 saturated carbocycles. The molecule has 1 aliphatic heterocycles. The highest BCUT2D eigenvalue weighted by atomic mass is 35.5. The van der Waals surface area contributed by atoms with E-state index in [1.54, 1.807) is 36.4 Å². The van der Waals surface area contributed by atoms with Crippen molar-refractivity contribution in [3.05, 3.63) is 59.1 Å². The first-order chi connectivity index (χ1) is 13.3. The van der Waals surface area contributed by atoms with Gasteiger partial charge < -0.3 is 9.64 Å². The molecule has 0 N–H and O–H groups in total. The smallest absolute Gasteiger partial charge is 0.277 e. The van der Waals surface area contributed by atoms with Crippen LogP contribution < -0.4 is 14.5 Å². The maximum atomic E-state index is 13.0. The molecule has 1 aliphatic rings. The molecule has 5 nitrogen and oxygen atoms in total. The summed E-state index contributed by atoms with van der Waals surface area (Å²) in [6, 6.07) is 14.2. The van der Waals surface area contributed by atoms with Gasteiger partial charge in [0, 0.05) is 19.8 Å². The van der Waals surface area contributed by atoms with Gasteiger partial charge in [0.2, 0.25) is 0 Å². The number of amides is 2. The van der Waals surface area contributed by atoms with Gasteiger partial charge in [-0.05, 0) is 47.9 Å². The molecule has 0 unspecified atom stereocenters. The molecule has 6 heteroatoms. The fourth-order valence-electron chi connectivity index (χ4n) is 2.87. The van der Waals surface area contributed by atoms with E-state index in [0.29, 0.717) is 29.5 Å². The van der Waals surface area contributed by atoms with E-state index in [2.05, 4.69) is 13.8 Å². The molecule has 0 aromatic heterocycles. The summed E-state index contributed by atoms with van der Waals surface area (Å²) in [5.41, 5.74) is 2.26. The van der Waals surface area contributed by atoms with Gasteiger partial charge in [0.1, 0.15) is 10.8 Å². The molecule has 0 aliphatic carbocycles. The molecule has 0 bridgehead atoms. The van der Waals surface area contributed by atoms with Crippen LogP contribution in [0.3, 0.4) is 0 Å². The number of benzene rings is 2. The molecular weight excluding hydrogens is 376 g/mol. The van der Waals surface area contributed by atoms with Gasteiger partial charge in [-0.1, -0.05) is 37.6 Å². The molecule has 3 rings (SSSR count). The van der Waals surface area contributed by atoms with Crippen molar-refractivity contribution in [2.45, 2.75) is 13.8 Å². The number of rotatable bonds is 6. The molecule has 146 valence electrons. The van der Waals surface area contributed by atoms with Crippen LogP contribution in [0.5, 0.6) is 5.75 Å². The summed E-state index contributed by atoms with van der Waals surface area (Å²) in [5.74, 6) is 0.184. The van der Waals surface area contributed by atoms with Crippen molar-refractivity contribution >= 4 is 40.4 Å². The maximum absolute atomic E-state index is 13.0. The predicted octanol–water partition coefficient (Wildman–Crippen LogP) is 4.31. The quantitative estimate of drug-likeness (QED) is 0.680. The van der Waals surface area contributed by atoms with Crippen molar-refractivity contribution in [2.75, 3.05) is 30.5 Å². The molecule has 2 aromatic carbocycles. The lowest BCUT2D eigenvalue weighted by molar-refractivity contribution is -0.119. The van der Waals surface area contributed by atoms with Crippen LogP contribution in [0.4, 0.5) is 11.4 Å². The lowest BCUT2D eigenvalue weighted by Crippen LogP contribution is -2.31. The van der Waals surface area contributed by atoms with Crippen LogP contribution in [0.15, 0.2) is 53.6 Å². The standard InChI is InChI=1S/C22H23ClN2O3/c1-14(2)13-28-18-11-5-15(6-12-18)19-20(23)22(27)25(21(19)26)17-9-7-16(8-10-17)24(3)4/h5-12,14H,13H2,1-4H3. The minimum absolute atomic E-state index is 0.0717. The minimum Gasteiger partial charge on any atom is -0.493 e. The summed E-state index contributed by atoms with van der Waals surface area (Å²) in [5, 5.41) is -0.0717. The minimum atomic E-state index is -0.514. The van der Waals surface area contributed by atoms with Crippen molar-refractivity contribution in [3.8, 4) is 5.75 Å². The Morgan fingerprint density at radius 2 is 1.57 bits per heavy atom. The molecule has 0 radical (unpaired) electrons. The number of anilines is 2. The Morgan fingerprint density at radius 1 is 0.964 bits per heavy atom. The first kappa shape index (κ1) is 20.0. The monoisotopic (exact) mass is 398 g/mol. The highest BCUT2D eigenvalue weighted by Crippen LogP contribution is 2.35. The molecular formula is C22H23ClN2O3. The third-order valence-corrected chi connectivity index (χ3v) is 4.73. The third-order valence-electron chi connectivity index (χ3n) is 4.38. The van der Waals surface area contributed by atoms with Crippen molar-refractivity contribution in [3.63, 3.8) is 0 Å². The second-order valence-electron chi connectivity index (χ2n) is 7.27. The van der Waals surface area contributed by atoms with Gasteiger partial charge in [-0.2, -0.15) is 0 Å². The van der Waals surface area contributed by atoms with Gasteiger partial charge in [-0.15, -0.1) is 0 Å². The predicted molar refractivity (Wildman–Crippen MR) is 113 cm³/mol. The fourth-order valence-corrected chi connectivity index (χ4v) is 3.14. The van der Waals surface area contributed by atoms with Crippen LogP contribution in [0.1, 0.15) is 19.4 Å². The van der Waals surface area contributed by atoms with Crippen molar-refractivity contribution in [1.82, 2.24) is 0 Å². The molecule has 0 spiro atoms. The third kappa shape index (κ3) is 3.90. The van der Waals surface area contributed by atoms with E-state index in [1.165, 1.54) is 0 Å². The summed E-state index contributed by atoms with van der Waals surface area (Å²) in [7, 11) is 3.85. The summed E-state index contributed by atoms with van der Waals surface area (Å²) in [4.78, 5) is 28.7. The Balaban J connectivity index is 1.85. The summed E-state index contributed by atoms with van der Waals surface area (Å²) < 4.78 is 5.67. The van der Waals surface area contributed by atoms with Gasteiger partial charge >= 0.3 is 0 Å². The molecule has 0 atom stereocenters. The Morgan fingerprint density at radius 3 is 2.11 bits per heavy atom. The zero-order valence-electron chi connectivity index (χ0n) is 16.4. The van der Waals surface area contributed by atoms with Crippen LogP contribution in [0.25, 0.3) is 5.57 Å². The Hall–Kier alpha value is -2.79. The van der Waals surface area contributed by atoms with Gasteiger partial charge in [-0.3, -0.25) is 9.59 Å². The highest BCUT2D eigenvalue weighted by molar-refractivity contribution is 6.60. The number of hydrogen-bond acceptors (Lipinski definition) is 4. The highest BCUT2D eigenvalue weighted by Gasteiger charge is 2.39. The Labute approximate surface area is 170 Å². The van der Waals surface area contributed by atoms with Crippen LogP contribution in [-0.2, 0) is 9.59 Å². The molecule has 1 heterocycles. The summed E-state index contributed by atoms with van der Waals surface area (Å²) in [6.07, 6.45) is 0. The number of halogens is 1. The second-order valence-corrected chi connectivity index (χ2v) is 7.65. The van der Waals surface area contributed by atoms with Crippen LogP contribution in [0, 0.1) is 5.92 Å². The lowest BCUT2D eigenvalue weighted by Gasteiger charge is -2.17. The number of carbonyl (C=O) groups excluding carboxylic acids is 2. The second kappa shape index (κ2) is 8.07. The average molecular weight is 399 g/mol. The van der Waals surface area contributed by atoms with Gasteiger partial charge in [0.25, 0.3) is 11.8 Å². The zero-order valence-corrected chi connectivity index (χ0v) is 17.2. The summed E-state index contributed by atoms with van der Waals surface area (Å²) in [6.45, 7) is 4.75. The largest absolute Gasteiger partial charge is 0.493 e. The Bertz CT molecular complexity index is 916. The van der Waals surface area contributed by atoms with Gasteiger partial charge in [0.15, 0.2) is 0 Å². The van der Waals surface area contributed by atoms with E-state index < -0.39 is 11.8 Å². The van der Waals surface area contributed by atoms with Crippen LogP contribution >= 0.6 is 11.6 Å². The van der Waals surface area contributed by atoms with E-state index in [-0.39, 0.29) is 10.6 Å². The number of ether oxygens (including phenoxy) is 1. The van der Waals surface area contributed by atoms with E-state index in [4.69, 9.17) is 16.3 Å². The number of imide groups is 1. The van der Waals surface area contributed by atoms with E-state index >= 15 is 0 Å². The Kier molecular flexibility index (Phi) is 5.75. The first-order valence-electron chi connectivity index (χ1n) is 9.08. The molecule has 2 amide bonds. The zero-order chi connectivity index (χ0) is 20.4. The van der Waals surface area contributed by atoms with Crippen molar-refractivity contribution < 1.29 is 14.3 Å². The molecule has 0 fully saturated rings. The van der Waals surface area contributed by atoms with Crippen molar-refractivity contribution in [2.24, 2.45) is 5.92 Å².